The van der Waals surface area contributed by atoms with Crippen LogP contribution in [0.3, 0.4) is 0 Å². The number of halogens is 3. The van der Waals surface area contributed by atoms with E-state index in [1.54, 1.807) is 0 Å². The van der Waals surface area contributed by atoms with Crippen LogP contribution in [0.4, 0.5) is 8.78 Å². The number of hydrogen-bond acceptors (Lipinski definition) is 3. The van der Waals surface area contributed by atoms with Gasteiger partial charge in [-0.2, -0.15) is 0 Å². The Kier molecular flexibility index (Phi) is 4.89. The Bertz CT molecular complexity index is 562. The zero-order valence-corrected chi connectivity index (χ0v) is 11.7. The second-order valence-corrected chi connectivity index (χ2v) is 6.35. The summed E-state index contributed by atoms with van der Waals surface area (Å²) in [5.41, 5.74) is 5.30. The lowest BCUT2D eigenvalue weighted by atomic mass is 9.78. The van der Waals surface area contributed by atoms with Crippen molar-refractivity contribution in [3.8, 4) is 0 Å². The van der Waals surface area contributed by atoms with Crippen LogP contribution < -0.4 is 10.5 Å². The first-order chi connectivity index (χ1) is 8.32. The highest BCUT2D eigenvalue weighted by molar-refractivity contribution is 7.89. The number of nitrogens with one attached hydrogen (secondary N) is 1. The van der Waals surface area contributed by atoms with Gasteiger partial charge in [-0.3, -0.25) is 0 Å². The molecule has 4 nitrogen and oxygen atoms in total. The first-order valence-corrected chi connectivity index (χ1v) is 7.04. The Labute approximate surface area is 116 Å². The monoisotopic (exact) mass is 312 g/mol. The minimum absolute atomic E-state index is 0. The number of nitrogens with two attached hydrogens (primary N) is 1. The molecule has 1 aromatic carbocycles. The van der Waals surface area contributed by atoms with Crippen LogP contribution in [-0.4, -0.2) is 20.5 Å². The smallest absolute Gasteiger partial charge is 0.243 e. The van der Waals surface area contributed by atoms with E-state index in [4.69, 9.17) is 5.73 Å². The standard InChI is InChI=1S/C11H14F2N2O2S.ClH/c12-8-2-3-9(13)10(6-8)18(16,17)15-7-11(14)4-1-5-11;/h2-3,6,15H,1,4-5,7,14H2;1H. The Morgan fingerprint density at radius 1 is 1.32 bits per heavy atom. The fourth-order valence-electron chi connectivity index (χ4n) is 1.81. The summed E-state index contributed by atoms with van der Waals surface area (Å²) in [7, 11) is -4.07. The fourth-order valence-corrected chi connectivity index (χ4v) is 3.03. The van der Waals surface area contributed by atoms with Crippen molar-refractivity contribution < 1.29 is 17.2 Å². The second-order valence-electron chi connectivity index (χ2n) is 4.62. The Balaban J connectivity index is 0.00000180. The summed E-state index contributed by atoms with van der Waals surface area (Å²) in [5.74, 6) is -1.79. The molecule has 19 heavy (non-hydrogen) atoms. The van der Waals surface area contributed by atoms with E-state index in [1.165, 1.54) is 0 Å². The molecule has 1 aliphatic rings. The maximum Gasteiger partial charge on any atom is 0.243 e. The summed E-state index contributed by atoms with van der Waals surface area (Å²) >= 11 is 0. The lowest BCUT2D eigenvalue weighted by molar-refractivity contribution is 0.251. The maximum atomic E-state index is 13.4. The van der Waals surface area contributed by atoms with Crippen molar-refractivity contribution in [2.24, 2.45) is 5.73 Å². The van der Waals surface area contributed by atoms with Crippen LogP contribution in [0, 0.1) is 11.6 Å². The first kappa shape index (κ1) is 16.3. The molecule has 8 heteroatoms. The molecule has 0 amide bonds. The van der Waals surface area contributed by atoms with Crippen molar-refractivity contribution in [2.45, 2.75) is 29.7 Å². The number of hydrogen-bond donors (Lipinski definition) is 2. The molecule has 3 N–H and O–H groups in total. The fraction of sp³-hybridized carbons (Fsp3) is 0.455. The maximum absolute atomic E-state index is 13.4. The van der Waals surface area contributed by atoms with Gasteiger partial charge in [0.25, 0.3) is 0 Å². The molecule has 0 saturated heterocycles. The lowest BCUT2D eigenvalue weighted by Crippen LogP contribution is -2.54. The van der Waals surface area contributed by atoms with Gasteiger partial charge in [0.15, 0.2) is 0 Å². The summed E-state index contributed by atoms with van der Waals surface area (Å²) in [5, 5.41) is 0. The Morgan fingerprint density at radius 2 is 1.95 bits per heavy atom. The van der Waals surface area contributed by atoms with Gasteiger partial charge in [0.1, 0.15) is 16.5 Å². The summed E-state index contributed by atoms with van der Waals surface area (Å²) < 4.78 is 52.2. The lowest BCUT2D eigenvalue weighted by Gasteiger charge is -2.37. The van der Waals surface area contributed by atoms with Gasteiger partial charge in [-0.15, -0.1) is 12.4 Å². The molecule has 0 heterocycles. The molecule has 1 aliphatic carbocycles. The van der Waals surface area contributed by atoms with Crippen LogP contribution >= 0.6 is 12.4 Å². The molecule has 1 aromatic rings. The van der Waals surface area contributed by atoms with E-state index < -0.39 is 32.1 Å². The number of benzene rings is 1. The van der Waals surface area contributed by atoms with Crippen LogP contribution in [-0.2, 0) is 10.0 Å². The quantitative estimate of drug-likeness (QED) is 0.886. The van der Waals surface area contributed by atoms with E-state index in [0.29, 0.717) is 6.07 Å². The second kappa shape index (κ2) is 5.70. The van der Waals surface area contributed by atoms with Crippen LogP contribution in [0.1, 0.15) is 19.3 Å². The molecule has 0 atom stereocenters. The minimum atomic E-state index is -4.07. The van der Waals surface area contributed by atoms with Gasteiger partial charge in [0.05, 0.1) is 0 Å². The van der Waals surface area contributed by atoms with Crippen LogP contribution in [0.15, 0.2) is 23.1 Å². The third kappa shape index (κ3) is 3.62. The van der Waals surface area contributed by atoms with E-state index >= 15 is 0 Å². The number of sulfonamides is 1. The summed E-state index contributed by atoms with van der Waals surface area (Å²) in [6, 6.07) is 2.30. The predicted octanol–water partition coefficient (Wildman–Crippen LogP) is 1.55. The highest BCUT2D eigenvalue weighted by Gasteiger charge is 2.34. The molecule has 2 rings (SSSR count). The van der Waals surface area contributed by atoms with Gasteiger partial charge >= 0.3 is 0 Å². The van der Waals surface area contributed by atoms with E-state index in [9.17, 15) is 17.2 Å². The van der Waals surface area contributed by atoms with Crippen LogP contribution in [0.5, 0.6) is 0 Å². The largest absolute Gasteiger partial charge is 0.324 e. The summed E-state index contributed by atoms with van der Waals surface area (Å²) in [6.45, 7) is 0.0330. The normalized spacial score (nSPS) is 17.4. The SMILES string of the molecule is Cl.NC1(CNS(=O)(=O)c2cc(F)ccc2F)CCC1. The van der Waals surface area contributed by atoms with Crippen LogP contribution in [0.2, 0.25) is 0 Å². The topological polar surface area (TPSA) is 72.2 Å². The summed E-state index contributed by atoms with van der Waals surface area (Å²) in [6.07, 6.45) is 2.40. The first-order valence-electron chi connectivity index (χ1n) is 5.56. The Morgan fingerprint density at radius 3 is 2.47 bits per heavy atom. The molecular formula is C11H15ClF2N2O2S. The van der Waals surface area contributed by atoms with Crippen molar-refractivity contribution >= 4 is 22.4 Å². The van der Waals surface area contributed by atoms with Crippen molar-refractivity contribution in [1.29, 1.82) is 0 Å². The molecule has 1 saturated carbocycles. The van der Waals surface area contributed by atoms with Crippen molar-refractivity contribution in [3.63, 3.8) is 0 Å². The molecule has 0 bridgehead atoms. The van der Waals surface area contributed by atoms with Gasteiger partial charge in [-0.05, 0) is 37.5 Å². The molecule has 1 fully saturated rings. The zero-order valence-electron chi connectivity index (χ0n) is 10.0. The van der Waals surface area contributed by atoms with Gasteiger partial charge in [-0.25, -0.2) is 21.9 Å². The van der Waals surface area contributed by atoms with Gasteiger partial charge in [0, 0.05) is 12.1 Å². The third-order valence-electron chi connectivity index (χ3n) is 3.15. The zero-order chi connectivity index (χ0) is 13.4. The highest BCUT2D eigenvalue weighted by atomic mass is 35.5. The molecule has 0 spiro atoms. The molecule has 0 radical (unpaired) electrons. The molecule has 108 valence electrons. The van der Waals surface area contributed by atoms with Crippen LogP contribution in [0.25, 0.3) is 0 Å². The molecular weight excluding hydrogens is 298 g/mol. The van der Waals surface area contributed by atoms with Crippen molar-refractivity contribution in [1.82, 2.24) is 4.72 Å². The van der Waals surface area contributed by atoms with Crippen molar-refractivity contribution in [2.75, 3.05) is 6.54 Å². The Hall–Kier alpha value is -0.760. The van der Waals surface area contributed by atoms with Gasteiger partial charge < -0.3 is 5.73 Å². The van der Waals surface area contributed by atoms with Crippen molar-refractivity contribution in [3.05, 3.63) is 29.8 Å². The average molecular weight is 313 g/mol. The van der Waals surface area contributed by atoms with Gasteiger partial charge in [0.2, 0.25) is 10.0 Å². The van der Waals surface area contributed by atoms with E-state index in [2.05, 4.69) is 4.72 Å². The third-order valence-corrected chi connectivity index (χ3v) is 4.56. The molecule has 0 aromatic heterocycles. The number of rotatable bonds is 4. The highest BCUT2D eigenvalue weighted by Crippen LogP contribution is 2.28. The van der Waals surface area contributed by atoms with E-state index in [-0.39, 0.29) is 19.0 Å². The predicted molar refractivity (Wildman–Crippen MR) is 69.6 cm³/mol. The van der Waals surface area contributed by atoms with Gasteiger partial charge in [-0.1, -0.05) is 0 Å². The molecule has 0 aliphatic heterocycles. The summed E-state index contributed by atoms with van der Waals surface area (Å²) in [4.78, 5) is -0.689. The van der Waals surface area contributed by atoms with E-state index in [0.717, 1.165) is 31.4 Å². The minimum Gasteiger partial charge on any atom is -0.324 e. The van der Waals surface area contributed by atoms with E-state index in [1.807, 2.05) is 0 Å². The average Bonchev–Trinajstić information content (AvgIpc) is 2.27. The molecule has 0 unspecified atom stereocenters.